The molecule has 3 aromatic rings. The Balaban J connectivity index is 2.28. The maximum Gasteiger partial charge on any atom is 0.337 e. The molecule has 25 heavy (non-hydrogen) atoms. The molecular formula is C18H22N4O3. The maximum atomic E-state index is 11.8. The van der Waals surface area contributed by atoms with Gasteiger partial charge in [-0.2, -0.15) is 0 Å². The number of benzene rings is 1. The molecule has 0 bridgehead atoms. The Kier molecular flexibility index (Phi) is 4.85. The molecular weight excluding hydrogens is 320 g/mol. The number of hydrogen-bond donors (Lipinski definition) is 2. The fourth-order valence-corrected chi connectivity index (χ4v) is 3.07. The highest BCUT2D eigenvalue weighted by atomic mass is 16.5. The Morgan fingerprint density at radius 2 is 2.16 bits per heavy atom. The van der Waals surface area contributed by atoms with Crippen molar-refractivity contribution in [2.75, 3.05) is 19.5 Å². The molecule has 132 valence electrons. The van der Waals surface area contributed by atoms with Crippen molar-refractivity contribution in [3.8, 4) is 0 Å². The van der Waals surface area contributed by atoms with Crippen LogP contribution in [0.5, 0.6) is 0 Å². The summed E-state index contributed by atoms with van der Waals surface area (Å²) in [4.78, 5) is 20.8. The number of aromatic nitrogens is 3. The summed E-state index contributed by atoms with van der Waals surface area (Å²) in [5, 5.41) is 10.3. The highest BCUT2D eigenvalue weighted by Gasteiger charge is 2.18. The molecule has 0 fully saturated rings. The third-order valence-electron chi connectivity index (χ3n) is 4.28. The van der Waals surface area contributed by atoms with Crippen LogP contribution in [-0.4, -0.2) is 39.3 Å². The third kappa shape index (κ3) is 3.02. The Hall–Kier alpha value is -2.67. The zero-order valence-corrected chi connectivity index (χ0v) is 14.5. The number of methoxy groups -OCH3 is 1. The molecule has 2 heterocycles. The van der Waals surface area contributed by atoms with Crippen molar-refractivity contribution in [1.82, 2.24) is 14.5 Å². The minimum Gasteiger partial charge on any atom is -0.465 e. The normalized spacial score (nSPS) is 11.3. The minimum atomic E-state index is -0.421. The Morgan fingerprint density at radius 1 is 1.36 bits per heavy atom. The SMILES string of the molecule is CCCCc1nc2c(N)nc3cc(C(=O)OC)ccc3c2n1CCO. The van der Waals surface area contributed by atoms with Gasteiger partial charge in [0.1, 0.15) is 11.3 Å². The number of rotatable bonds is 6. The number of hydrogen-bond acceptors (Lipinski definition) is 6. The van der Waals surface area contributed by atoms with Gasteiger partial charge in [0.05, 0.1) is 30.3 Å². The summed E-state index contributed by atoms with van der Waals surface area (Å²) in [5.41, 5.74) is 8.63. The summed E-state index contributed by atoms with van der Waals surface area (Å²) >= 11 is 0. The highest BCUT2D eigenvalue weighted by molar-refractivity contribution is 6.08. The van der Waals surface area contributed by atoms with Crippen LogP contribution < -0.4 is 5.73 Å². The van der Waals surface area contributed by atoms with Gasteiger partial charge in [-0.05, 0) is 24.6 Å². The van der Waals surface area contributed by atoms with Crippen LogP contribution in [0.2, 0.25) is 0 Å². The molecule has 0 atom stereocenters. The van der Waals surface area contributed by atoms with E-state index in [0.29, 0.717) is 29.0 Å². The number of anilines is 1. The van der Waals surface area contributed by atoms with E-state index in [9.17, 15) is 9.90 Å². The van der Waals surface area contributed by atoms with E-state index in [-0.39, 0.29) is 6.61 Å². The van der Waals surface area contributed by atoms with E-state index in [0.717, 1.165) is 36.0 Å². The van der Waals surface area contributed by atoms with Gasteiger partial charge in [0.15, 0.2) is 5.82 Å². The van der Waals surface area contributed by atoms with Crippen LogP contribution in [0, 0.1) is 0 Å². The van der Waals surface area contributed by atoms with E-state index in [2.05, 4.69) is 16.9 Å². The minimum absolute atomic E-state index is 0.00848. The molecule has 1 aromatic carbocycles. The maximum absolute atomic E-state index is 11.8. The Morgan fingerprint density at radius 3 is 2.84 bits per heavy atom. The molecule has 0 aliphatic carbocycles. The molecule has 0 amide bonds. The first kappa shape index (κ1) is 17.2. The van der Waals surface area contributed by atoms with Crippen LogP contribution in [0.15, 0.2) is 18.2 Å². The number of imidazole rings is 1. The first-order valence-corrected chi connectivity index (χ1v) is 8.38. The molecule has 2 aromatic heterocycles. The van der Waals surface area contributed by atoms with Crippen molar-refractivity contribution >= 4 is 33.7 Å². The van der Waals surface area contributed by atoms with Crippen LogP contribution in [0.4, 0.5) is 5.82 Å². The van der Waals surface area contributed by atoms with Crippen LogP contribution >= 0.6 is 0 Å². The van der Waals surface area contributed by atoms with Crippen molar-refractivity contribution in [3.05, 3.63) is 29.6 Å². The monoisotopic (exact) mass is 342 g/mol. The molecule has 0 unspecified atom stereocenters. The smallest absolute Gasteiger partial charge is 0.337 e. The van der Waals surface area contributed by atoms with Crippen LogP contribution in [0.3, 0.4) is 0 Å². The number of pyridine rings is 1. The average molecular weight is 342 g/mol. The summed E-state index contributed by atoms with van der Waals surface area (Å²) in [6.45, 7) is 2.57. The number of carbonyl (C=O) groups is 1. The molecule has 7 heteroatoms. The van der Waals surface area contributed by atoms with Crippen molar-refractivity contribution < 1.29 is 14.6 Å². The molecule has 0 aliphatic rings. The van der Waals surface area contributed by atoms with Gasteiger partial charge in [-0.25, -0.2) is 14.8 Å². The largest absolute Gasteiger partial charge is 0.465 e. The molecule has 0 saturated heterocycles. The molecule has 0 aliphatic heterocycles. The van der Waals surface area contributed by atoms with Gasteiger partial charge in [-0.15, -0.1) is 0 Å². The number of aryl methyl sites for hydroxylation is 1. The second-order valence-electron chi connectivity index (χ2n) is 5.92. The number of unbranched alkanes of at least 4 members (excludes halogenated alkanes) is 1. The van der Waals surface area contributed by atoms with Crippen LogP contribution in [-0.2, 0) is 17.7 Å². The lowest BCUT2D eigenvalue weighted by atomic mass is 10.1. The summed E-state index contributed by atoms with van der Waals surface area (Å²) < 4.78 is 6.77. The second-order valence-corrected chi connectivity index (χ2v) is 5.92. The number of aliphatic hydroxyl groups is 1. The van der Waals surface area contributed by atoms with Gasteiger partial charge < -0.3 is 20.1 Å². The van der Waals surface area contributed by atoms with Gasteiger partial charge in [0, 0.05) is 18.4 Å². The van der Waals surface area contributed by atoms with Crippen molar-refractivity contribution in [1.29, 1.82) is 0 Å². The van der Waals surface area contributed by atoms with Gasteiger partial charge in [-0.1, -0.05) is 13.3 Å². The van der Waals surface area contributed by atoms with E-state index >= 15 is 0 Å². The molecule has 7 nitrogen and oxygen atoms in total. The zero-order valence-electron chi connectivity index (χ0n) is 14.5. The van der Waals surface area contributed by atoms with E-state index in [4.69, 9.17) is 10.5 Å². The Labute approximate surface area is 145 Å². The standard InChI is InChI=1S/C18H22N4O3/c1-3-4-5-14-21-15-16(22(14)8-9-23)12-7-6-11(18(24)25-2)10-13(12)20-17(15)19/h6-7,10,23H,3-5,8-9H2,1-2H3,(H2,19,20). The predicted octanol–water partition coefficient (Wildman–Crippen LogP) is 2.29. The lowest BCUT2D eigenvalue weighted by molar-refractivity contribution is 0.0601. The van der Waals surface area contributed by atoms with Crippen LogP contribution in [0.1, 0.15) is 35.9 Å². The number of esters is 1. The fraction of sp³-hybridized carbons (Fsp3) is 0.389. The highest BCUT2D eigenvalue weighted by Crippen LogP contribution is 2.30. The lowest BCUT2D eigenvalue weighted by Gasteiger charge is -2.10. The first-order chi connectivity index (χ1) is 12.1. The van der Waals surface area contributed by atoms with Crippen LogP contribution in [0.25, 0.3) is 21.9 Å². The summed E-state index contributed by atoms with van der Waals surface area (Å²) in [6.07, 6.45) is 2.87. The first-order valence-electron chi connectivity index (χ1n) is 8.38. The molecule has 0 radical (unpaired) electrons. The van der Waals surface area contributed by atoms with Gasteiger partial charge in [-0.3, -0.25) is 0 Å². The van der Waals surface area contributed by atoms with Crippen molar-refractivity contribution in [2.45, 2.75) is 32.7 Å². The van der Waals surface area contributed by atoms with Crippen molar-refractivity contribution in [3.63, 3.8) is 0 Å². The zero-order chi connectivity index (χ0) is 18.0. The molecule has 0 saturated carbocycles. The fourth-order valence-electron chi connectivity index (χ4n) is 3.07. The van der Waals surface area contributed by atoms with E-state index in [1.54, 1.807) is 12.1 Å². The van der Waals surface area contributed by atoms with E-state index in [1.807, 2.05) is 10.6 Å². The molecule has 0 spiro atoms. The third-order valence-corrected chi connectivity index (χ3v) is 4.28. The number of nitrogens with two attached hydrogens (primary N) is 1. The van der Waals surface area contributed by atoms with Gasteiger partial charge in [0.2, 0.25) is 0 Å². The number of ether oxygens (including phenoxy) is 1. The van der Waals surface area contributed by atoms with E-state index in [1.165, 1.54) is 7.11 Å². The number of carbonyl (C=O) groups excluding carboxylic acids is 1. The van der Waals surface area contributed by atoms with E-state index < -0.39 is 5.97 Å². The average Bonchev–Trinajstić information content (AvgIpc) is 2.98. The number of nitrogen functional groups attached to an aromatic ring is 1. The lowest BCUT2D eigenvalue weighted by Crippen LogP contribution is -2.07. The number of fused-ring (bicyclic) bond motifs is 3. The topological polar surface area (TPSA) is 103 Å². The summed E-state index contributed by atoms with van der Waals surface area (Å²) in [6, 6.07) is 5.20. The number of aliphatic hydroxyl groups excluding tert-OH is 1. The molecule has 3 N–H and O–H groups in total. The number of nitrogens with zero attached hydrogens (tertiary/aromatic N) is 3. The summed E-state index contributed by atoms with van der Waals surface area (Å²) in [5.74, 6) is 0.790. The summed E-state index contributed by atoms with van der Waals surface area (Å²) in [7, 11) is 1.34. The quantitative estimate of drug-likeness (QED) is 0.666. The Bertz CT molecular complexity index is 933. The van der Waals surface area contributed by atoms with Gasteiger partial charge in [0.25, 0.3) is 0 Å². The predicted molar refractivity (Wildman–Crippen MR) is 96.5 cm³/mol. The molecule has 3 rings (SSSR count). The second kappa shape index (κ2) is 7.06. The van der Waals surface area contributed by atoms with Crippen molar-refractivity contribution in [2.24, 2.45) is 0 Å². The van der Waals surface area contributed by atoms with Gasteiger partial charge >= 0.3 is 5.97 Å².